The van der Waals surface area contributed by atoms with Crippen molar-refractivity contribution in [1.29, 1.82) is 0 Å². The molecule has 1 N–H and O–H groups in total. The van der Waals surface area contributed by atoms with Crippen molar-refractivity contribution in [3.8, 4) is 11.1 Å². The lowest BCUT2D eigenvalue weighted by Gasteiger charge is -2.24. The van der Waals surface area contributed by atoms with E-state index in [-0.39, 0.29) is 42.4 Å². The number of hydrogen-bond acceptors (Lipinski definition) is 3. The third kappa shape index (κ3) is 7.91. The molecule has 0 unspecified atom stereocenters. The molecule has 0 aromatic heterocycles. The first-order valence-electron chi connectivity index (χ1n) is 12.7. The number of benzene rings is 3. The molecule has 4 nitrogen and oxygen atoms in total. The topological polar surface area (TPSA) is 47.6 Å². The van der Waals surface area contributed by atoms with E-state index >= 15 is 0 Å². The van der Waals surface area contributed by atoms with Gasteiger partial charge in [-0.15, -0.1) is 0 Å². The van der Waals surface area contributed by atoms with E-state index in [9.17, 15) is 4.79 Å². The minimum absolute atomic E-state index is 0.155. The molecule has 0 heterocycles. The molecular formula is C27H31NO3. The summed E-state index contributed by atoms with van der Waals surface area (Å²) in [6, 6.07) is 14.8. The van der Waals surface area contributed by atoms with Crippen molar-refractivity contribution >= 4 is 6.09 Å². The smallest absolute Gasteiger partial charge is 0.407 e. The molecule has 162 valence electrons. The van der Waals surface area contributed by atoms with Gasteiger partial charge in [-0.05, 0) is 49.4 Å². The number of nitrogens with one attached hydrogen (secondary N) is 1. The number of carbonyl (C=O) groups is 1. The quantitative estimate of drug-likeness (QED) is 0.484. The average Bonchev–Trinajstić information content (AvgIpc) is 2.82. The fraction of sp³-hybridized carbons (Fsp3) is 0.296. The Labute approximate surface area is 192 Å². The minimum atomic E-state index is -0.634. The standard InChI is InChI=1S/C27H31NO3/c1-27(2,3)31-26(29)28-25(20-30-19-22-10-6-4-7-11-22)18-21-14-16-24(17-15-21)23-12-8-5-9-13-23/h4-17,25H,18-20H2,1-3H3,(H,28,29)/t25-/m1/s1/i5D,8D,9D,12D,13D. The fourth-order valence-electron chi connectivity index (χ4n) is 3.01. The van der Waals surface area contributed by atoms with Crippen molar-refractivity contribution in [3.63, 3.8) is 0 Å². The number of rotatable bonds is 8. The second kappa shape index (κ2) is 10.8. The van der Waals surface area contributed by atoms with Gasteiger partial charge >= 0.3 is 6.09 Å². The number of ether oxygens (including phenoxy) is 2. The molecule has 3 aromatic rings. The molecule has 0 saturated carbocycles. The molecule has 0 spiro atoms. The predicted molar refractivity (Wildman–Crippen MR) is 125 cm³/mol. The lowest BCUT2D eigenvalue weighted by molar-refractivity contribution is 0.0429. The van der Waals surface area contributed by atoms with Gasteiger partial charge in [-0.1, -0.05) is 84.8 Å². The molecule has 0 aliphatic carbocycles. The van der Waals surface area contributed by atoms with Crippen molar-refractivity contribution in [2.75, 3.05) is 6.61 Å². The van der Waals surface area contributed by atoms with Crippen molar-refractivity contribution in [2.24, 2.45) is 0 Å². The summed E-state index contributed by atoms with van der Waals surface area (Å²) in [5.41, 5.74) is 1.95. The summed E-state index contributed by atoms with van der Waals surface area (Å²) < 4.78 is 51.2. The normalized spacial score (nSPS) is 14.5. The van der Waals surface area contributed by atoms with Crippen LogP contribution >= 0.6 is 0 Å². The Morgan fingerprint density at radius 1 is 0.935 bits per heavy atom. The van der Waals surface area contributed by atoms with Crippen LogP contribution in [0.4, 0.5) is 4.79 Å². The Morgan fingerprint density at radius 3 is 2.26 bits per heavy atom. The zero-order valence-corrected chi connectivity index (χ0v) is 18.1. The van der Waals surface area contributed by atoms with Crippen LogP contribution < -0.4 is 5.32 Å². The Morgan fingerprint density at radius 2 is 1.61 bits per heavy atom. The van der Waals surface area contributed by atoms with Crippen LogP contribution in [-0.2, 0) is 22.5 Å². The molecule has 0 saturated heterocycles. The van der Waals surface area contributed by atoms with Gasteiger partial charge in [0.15, 0.2) is 0 Å². The molecule has 3 rings (SSSR count). The summed E-state index contributed by atoms with van der Waals surface area (Å²) in [7, 11) is 0. The van der Waals surface area contributed by atoms with Gasteiger partial charge in [-0.2, -0.15) is 0 Å². The number of hydrogen-bond donors (Lipinski definition) is 1. The van der Waals surface area contributed by atoms with Gasteiger partial charge in [0.05, 0.1) is 26.1 Å². The van der Waals surface area contributed by atoms with Crippen molar-refractivity contribution in [3.05, 3.63) is 95.9 Å². The molecule has 3 aromatic carbocycles. The van der Waals surface area contributed by atoms with E-state index in [0.29, 0.717) is 18.6 Å². The molecular weight excluding hydrogens is 386 g/mol. The zero-order chi connectivity index (χ0) is 26.5. The second-order valence-electron chi connectivity index (χ2n) is 8.24. The molecule has 31 heavy (non-hydrogen) atoms. The van der Waals surface area contributed by atoms with E-state index in [1.807, 2.05) is 42.5 Å². The van der Waals surface area contributed by atoms with Crippen LogP contribution in [0.15, 0.2) is 84.8 Å². The van der Waals surface area contributed by atoms with Crippen LogP contribution in [0.1, 0.15) is 38.8 Å². The van der Waals surface area contributed by atoms with Crippen LogP contribution in [0.2, 0.25) is 0 Å². The Hall–Kier alpha value is -3.11. The highest BCUT2D eigenvalue weighted by molar-refractivity contribution is 5.68. The van der Waals surface area contributed by atoms with E-state index in [1.54, 1.807) is 32.9 Å². The highest BCUT2D eigenvalue weighted by Crippen LogP contribution is 2.20. The second-order valence-corrected chi connectivity index (χ2v) is 8.24. The summed E-state index contributed by atoms with van der Waals surface area (Å²) in [6.45, 7) is 6.06. The van der Waals surface area contributed by atoms with Crippen LogP contribution in [0.5, 0.6) is 0 Å². The predicted octanol–water partition coefficient (Wildman–Crippen LogP) is 6.01. The molecule has 0 aliphatic rings. The van der Waals surface area contributed by atoms with Crippen LogP contribution in [0.25, 0.3) is 11.1 Å². The summed E-state index contributed by atoms with van der Waals surface area (Å²) in [4.78, 5) is 12.4. The molecule has 0 fully saturated rings. The minimum Gasteiger partial charge on any atom is -0.444 e. The fourth-order valence-corrected chi connectivity index (χ4v) is 3.01. The van der Waals surface area contributed by atoms with Gasteiger partial charge in [0, 0.05) is 0 Å². The number of amides is 1. The van der Waals surface area contributed by atoms with Crippen molar-refractivity contribution in [2.45, 2.75) is 45.4 Å². The molecule has 0 aliphatic heterocycles. The molecule has 1 atom stereocenters. The first-order valence-corrected chi connectivity index (χ1v) is 10.2. The highest BCUT2D eigenvalue weighted by atomic mass is 16.6. The van der Waals surface area contributed by atoms with Crippen LogP contribution in [0, 0.1) is 0 Å². The Kier molecular flexibility index (Phi) is 5.76. The third-order valence-electron chi connectivity index (χ3n) is 4.38. The maximum atomic E-state index is 12.4. The van der Waals surface area contributed by atoms with Crippen molar-refractivity contribution in [1.82, 2.24) is 5.32 Å². The van der Waals surface area contributed by atoms with E-state index < -0.39 is 17.7 Å². The van der Waals surface area contributed by atoms with Crippen molar-refractivity contribution < 1.29 is 21.1 Å². The van der Waals surface area contributed by atoms with Gasteiger partial charge < -0.3 is 14.8 Å². The Balaban J connectivity index is 1.76. The lowest BCUT2D eigenvalue weighted by atomic mass is 10.0. The van der Waals surface area contributed by atoms with Gasteiger partial charge in [-0.25, -0.2) is 4.79 Å². The molecule has 0 bridgehead atoms. The molecule has 0 radical (unpaired) electrons. The van der Waals surface area contributed by atoms with Gasteiger partial charge in [0.2, 0.25) is 0 Å². The first-order chi connectivity index (χ1) is 17.0. The van der Waals surface area contributed by atoms with E-state index in [0.717, 1.165) is 11.1 Å². The first kappa shape index (κ1) is 16.6. The van der Waals surface area contributed by atoms with Gasteiger partial charge in [0.1, 0.15) is 5.60 Å². The highest BCUT2D eigenvalue weighted by Gasteiger charge is 2.20. The Bertz CT molecular complexity index is 1170. The largest absolute Gasteiger partial charge is 0.444 e. The number of alkyl carbamates (subject to hydrolysis) is 1. The summed E-state index contributed by atoms with van der Waals surface area (Å²) in [5, 5.41) is 2.88. The van der Waals surface area contributed by atoms with Crippen LogP contribution in [-0.4, -0.2) is 24.3 Å². The van der Waals surface area contributed by atoms with E-state index in [1.165, 1.54) is 0 Å². The van der Waals surface area contributed by atoms with Gasteiger partial charge in [0.25, 0.3) is 0 Å². The monoisotopic (exact) mass is 422 g/mol. The van der Waals surface area contributed by atoms with Crippen LogP contribution in [0.3, 0.4) is 0 Å². The maximum Gasteiger partial charge on any atom is 0.407 e. The molecule has 4 heteroatoms. The lowest BCUT2D eigenvalue weighted by Crippen LogP contribution is -2.42. The number of carbonyl (C=O) groups excluding carboxylic acids is 1. The average molecular weight is 423 g/mol. The SMILES string of the molecule is [2H]c1c([2H])c([2H])c(-c2ccc(C[C@H](COCc3ccccc3)NC(=O)OC(C)(C)C)cc2)c([2H])c1[2H]. The molecule has 1 amide bonds. The summed E-state index contributed by atoms with van der Waals surface area (Å²) in [5.74, 6) is 0. The van der Waals surface area contributed by atoms with E-state index in [4.69, 9.17) is 16.3 Å². The summed E-state index contributed by atoms with van der Waals surface area (Å²) >= 11 is 0. The van der Waals surface area contributed by atoms with Gasteiger partial charge in [-0.3, -0.25) is 0 Å². The van der Waals surface area contributed by atoms with E-state index in [2.05, 4.69) is 5.32 Å². The third-order valence-corrected chi connectivity index (χ3v) is 4.38. The summed E-state index contributed by atoms with van der Waals surface area (Å²) in [6.07, 6.45) is -0.0824. The zero-order valence-electron chi connectivity index (χ0n) is 23.1. The maximum absolute atomic E-state index is 12.4.